The molecule has 120 valence electrons. The van der Waals surface area contributed by atoms with Gasteiger partial charge < -0.3 is 15.1 Å². The SMILES string of the molecule is CCNC(=NCc1ccc(Br)cc1C)NCc1ccco1.I. The number of aliphatic imine (C=N–C) groups is 1. The first-order valence-electron chi connectivity index (χ1n) is 6.98. The maximum Gasteiger partial charge on any atom is 0.191 e. The van der Waals surface area contributed by atoms with E-state index >= 15 is 0 Å². The van der Waals surface area contributed by atoms with Crippen LogP contribution in [0.5, 0.6) is 0 Å². The normalized spacial score (nSPS) is 11.0. The Morgan fingerprint density at radius 1 is 1.27 bits per heavy atom. The summed E-state index contributed by atoms with van der Waals surface area (Å²) in [6.07, 6.45) is 1.67. The third-order valence-corrected chi connectivity index (χ3v) is 3.56. The summed E-state index contributed by atoms with van der Waals surface area (Å²) in [6, 6.07) is 10.1. The first-order valence-corrected chi connectivity index (χ1v) is 7.78. The largest absolute Gasteiger partial charge is 0.467 e. The lowest BCUT2D eigenvalue weighted by molar-refractivity contribution is 0.501. The van der Waals surface area contributed by atoms with E-state index in [2.05, 4.69) is 57.5 Å². The van der Waals surface area contributed by atoms with Gasteiger partial charge in [-0.05, 0) is 49.2 Å². The zero-order valence-corrected chi connectivity index (χ0v) is 16.6. The number of guanidine groups is 1. The van der Waals surface area contributed by atoms with Crippen molar-refractivity contribution in [3.8, 4) is 0 Å². The minimum absolute atomic E-state index is 0. The van der Waals surface area contributed by atoms with Gasteiger partial charge in [-0.2, -0.15) is 0 Å². The van der Waals surface area contributed by atoms with Crippen molar-refractivity contribution < 1.29 is 4.42 Å². The van der Waals surface area contributed by atoms with E-state index in [4.69, 9.17) is 4.42 Å². The molecule has 0 aliphatic rings. The van der Waals surface area contributed by atoms with Gasteiger partial charge in [0.2, 0.25) is 0 Å². The van der Waals surface area contributed by atoms with Crippen molar-refractivity contribution in [2.75, 3.05) is 6.54 Å². The van der Waals surface area contributed by atoms with Gasteiger partial charge in [0.1, 0.15) is 5.76 Å². The first kappa shape index (κ1) is 19.0. The van der Waals surface area contributed by atoms with Crippen LogP contribution in [0, 0.1) is 6.92 Å². The summed E-state index contributed by atoms with van der Waals surface area (Å²) in [5.74, 6) is 1.68. The van der Waals surface area contributed by atoms with Crippen LogP contribution < -0.4 is 10.6 Å². The van der Waals surface area contributed by atoms with Gasteiger partial charge in [-0.3, -0.25) is 0 Å². The van der Waals surface area contributed by atoms with Crippen LogP contribution in [-0.2, 0) is 13.1 Å². The number of benzene rings is 1. The zero-order valence-electron chi connectivity index (χ0n) is 12.7. The number of furan rings is 1. The molecule has 2 aromatic rings. The number of hydrogen-bond donors (Lipinski definition) is 2. The fourth-order valence-corrected chi connectivity index (χ4v) is 2.40. The van der Waals surface area contributed by atoms with Crippen LogP contribution in [0.1, 0.15) is 23.8 Å². The summed E-state index contributed by atoms with van der Waals surface area (Å²) in [5, 5.41) is 6.49. The molecule has 0 aliphatic heterocycles. The predicted octanol–water partition coefficient (Wildman–Crippen LogP) is 4.22. The molecule has 6 heteroatoms. The molecule has 0 radical (unpaired) electrons. The van der Waals surface area contributed by atoms with Crippen LogP contribution in [0.15, 0.2) is 50.5 Å². The van der Waals surface area contributed by atoms with Gasteiger partial charge in [0, 0.05) is 11.0 Å². The van der Waals surface area contributed by atoms with Crippen LogP contribution in [0.4, 0.5) is 0 Å². The standard InChI is InChI=1S/C16H20BrN3O.HI/c1-3-18-16(20-11-15-5-4-8-21-15)19-10-13-6-7-14(17)9-12(13)2;/h4-9H,3,10-11H2,1-2H3,(H2,18,19,20);1H. The average Bonchev–Trinajstić information content (AvgIpc) is 2.96. The van der Waals surface area contributed by atoms with Crippen molar-refractivity contribution >= 4 is 45.9 Å². The molecule has 0 aliphatic carbocycles. The summed E-state index contributed by atoms with van der Waals surface area (Å²) < 4.78 is 6.40. The van der Waals surface area contributed by atoms with Crippen molar-refractivity contribution in [1.82, 2.24) is 10.6 Å². The van der Waals surface area contributed by atoms with Crippen molar-refractivity contribution in [2.24, 2.45) is 4.99 Å². The van der Waals surface area contributed by atoms with Crippen LogP contribution in [0.2, 0.25) is 0 Å². The molecule has 2 N–H and O–H groups in total. The van der Waals surface area contributed by atoms with Crippen molar-refractivity contribution in [2.45, 2.75) is 26.9 Å². The second-order valence-electron chi connectivity index (χ2n) is 4.70. The minimum atomic E-state index is 0. The Kier molecular flexibility index (Phi) is 8.55. The third kappa shape index (κ3) is 6.00. The average molecular weight is 478 g/mol. The molecule has 1 heterocycles. The van der Waals surface area contributed by atoms with Crippen molar-refractivity contribution in [3.05, 3.63) is 58.0 Å². The Labute approximate surface area is 156 Å². The molecule has 22 heavy (non-hydrogen) atoms. The Morgan fingerprint density at radius 2 is 2.09 bits per heavy atom. The van der Waals surface area contributed by atoms with E-state index in [1.807, 2.05) is 18.2 Å². The lowest BCUT2D eigenvalue weighted by Gasteiger charge is -2.11. The van der Waals surface area contributed by atoms with E-state index in [-0.39, 0.29) is 24.0 Å². The van der Waals surface area contributed by atoms with E-state index in [9.17, 15) is 0 Å². The fraction of sp³-hybridized carbons (Fsp3) is 0.312. The van der Waals surface area contributed by atoms with Gasteiger partial charge in [0.15, 0.2) is 5.96 Å². The Bertz CT molecular complexity index is 599. The highest BCUT2D eigenvalue weighted by Crippen LogP contribution is 2.16. The molecule has 0 spiro atoms. The van der Waals surface area contributed by atoms with Gasteiger partial charge in [0.05, 0.1) is 19.4 Å². The maximum atomic E-state index is 5.31. The summed E-state index contributed by atoms with van der Waals surface area (Å²) in [4.78, 5) is 4.61. The van der Waals surface area contributed by atoms with Gasteiger partial charge in [-0.15, -0.1) is 24.0 Å². The highest BCUT2D eigenvalue weighted by atomic mass is 127. The molecule has 0 saturated heterocycles. The zero-order chi connectivity index (χ0) is 15.1. The highest BCUT2D eigenvalue weighted by molar-refractivity contribution is 14.0. The number of nitrogens with one attached hydrogen (secondary N) is 2. The second kappa shape index (κ2) is 9.89. The molecule has 0 unspecified atom stereocenters. The maximum absolute atomic E-state index is 5.31. The fourth-order valence-electron chi connectivity index (χ4n) is 1.93. The van der Waals surface area contributed by atoms with Gasteiger partial charge in [-0.1, -0.05) is 22.0 Å². The highest BCUT2D eigenvalue weighted by Gasteiger charge is 2.02. The monoisotopic (exact) mass is 477 g/mol. The number of rotatable bonds is 5. The summed E-state index contributed by atoms with van der Waals surface area (Å²) >= 11 is 3.48. The lowest BCUT2D eigenvalue weighted by atomic mass is 10.1. The molecule has 0 saturated carbocycles. The molecular formula is C16H21BrIN3O. The van der Waals surface area contributed by atoms with Crippen LogP contribution in [-0.4, -0.2) is 12.5 Å². The molecular weight excluding hydrogens is 457 g/mol. The number of nitrogens with zero attached hydrogens (tertiary/aromatic N) is 1. The molecule has 4 nitrogen and oxygen atoms in total. The Morgan fingerprint density at radius 3 is 2.73 bits per heavy atom. The Hall–Kier alpha value is -1.02. The second-order valence-corrected chi connectivity index (χ2v) is 5.61. The Balaban J connectivity index is 0.00000242. The number of aryl methyl sites for hydroxylation is 1. The summed E-state index contributed by atoms with van der Waals surface area (Å²) in [5.41, 5.74) is 2.45. The van der Waals surface area contributed by atoms with E-state index in [0.717, 1.165) is 22.7 Å². The topological polar surface area (TPSA) is 49.6 Å². The van der Waals surface area contributed by atoms with E-state index in [1.54, 1.807) is 6.26 Å². The van der Waals surface area contributed by atoms with E-state index in [1.165, 1.54) is 11.1 Å². The van der Waals surface area contributed by atoms with Crippen molar-refractivity contribution in [3.63, 3.8) is 0 Å². The van der Waals surface area contributed by atoms with Crippen molar-refractivity contribution in [1.29, 1.82) is 0 Å². The molecule has 0 amide bonds. The van der Waals surface area contributed by atoms with Gasteiger partial charge in [-0.25, -0.2) is 4.99 Å². The quantitative estimate of drug-likeness (QED) is 0.385. The smallest absolute Gasteiger partial charge is 0.191 e. The minimum Gasteiger partial charge on any atom is -0.467 e. The van der Waals surface area contributed by atoms with E-state index < -0.39 is 0 Å². The van der Waals surface area contributed by atoms with Crippen LogP contribution in [0.3, 0.4) is 0 Å². The molecule has 1 aromatic heterocycles. The predicted molar refractivity (Wildman–Crippen MR) is 105 cm³/mol. The summed E-state index contributed by atoms with van der Waals surface area (Å²) in [7, 11) is 0. The summed E-state index contributed by atoms with van der Waals surface area (Å²) in [6.45, 7) is 6.24. The molecule has 1 aromatic carbocycles. The van der Waals surface area contributed by atoms with Crippen LogP contribution >= 0.6 is 39.9 Å². The number of halogens is 2. The van der Waals surface area contributed by atoms with E-state index in [0.29, 0.717) is 13.1 Å². The lowest BCUT2D eigenvalue weighted by Crippen LogP contribution is -2.36. The van der Waals surface area contributed by atoms with Gasteiger partial charge in [0.25, 0.3) is 0 Å². The third-order valence-electron chi connectivity index (χ3n) is 3.07. The molecule has 0 atom stereocenters. The number of hydrogen-bond acceptors (Lipinski definition) is 2. The van der Waals surface area contributed by atoms with Gasteiger partial charge >= 0.3 is 0 Å². The molecule has 0 bridgehead atoms. The molecule has 0 fully saturated rings. The molecule has 2 rings (SSSR count). The first-order chi connectivity index (χ1) is 10.2. The van der Waals surface area contributed by atoms with Crippen LogP contribution in [0.25, 0.3) is 0 Å².